The molecular formula is C25H33NO4. The summed E-state index contributed by atoms with van der Waals surface area (Å²) in [5.74, 6) is 2.66. The fraction of sp³-hybridized carbons (Fsp3) is 0.400. The lowest BCUT2D eigenvalue weighted by atomic mass is 10.1. The Labute approximate surface area is 180 Å². The van der Waals surface area contributed by atoms with Crippen molar-refractivity contribution in [2.45, 2.75) is 46.6 Å². The highest BCUT2D eigenvalue weighted by Gasteiger charge is 2.09. The molecule has 0 saturated heterocycles. The lowest BCUT2D eigenvalue weighted by Crippen LogP contribution is -2.13. The second kappa shape index (κ2) is 12.6. The smallest absolute Gasteiger partial charge is 0.125 e. The van der Waals surface area contributed by atoms with Crippen molar-refractivity contribution in [2.24, 2.45) is 5.16 Å². The number of benzene rings is 2. The van der Waals surface area contributed by atoms with Gasteiger partial charge in [0.1, 0.15) is 31.0 Å². The van der Waals surface area contributed by atoms with Crippen molar-refractivity contribution in [1.29, 1.82) is 0 Å². The first-order valence-electron chi connectivity index (χ1n) is 10.3. The van der Waals surface area contributed by atoms with Gasteiger partial charge >= 0.3 is 0 Å². The van der Waals surface area contributed by atoms with E-state index < -0.39 is 0 Å². The Kier molecular flexibility index (Phi) is 9.78. The van der Waals surface area contributed by atoms with Crippen LogP contribution in [-0.2, 0) is 4.84 Å². The predicted molar refractivity (Wildman–Crippen MR) is 122 cm³/mol. The molecule has 0 heterocycles. The molecule has 0 bridgehead atoms. The van der Waals surface area contributed by atoms with Crippen molar-refractivity contribution < 1.29 is 19.0 Å². The zero-order valence-electron chi connectivity index (χ0n) is 18.7. The highest BCUT2D eigenvalue weighted by atomic mass is 16.6. The molecule has 0 aromatic heterocycles. The summed E-state index contributed by atoms with van der Waals surface area (Å²) in [4.78, 5) is 4.69. The van der Waals surface area contributed by atoms with Crippen LogP contribution in [0.4, 0.5) is 0 Å². The molecule has 0 N–H and O–H groups in total. The van der Waals surface area contributed by atoms with Crippen LogP contribution in [0.5, 0.6) is 17.2 Å². The summed E-state index contributed by atoms with van der Waals surface area (Å²) < 4.78 is 17.8. The Morgan fingerprint density at radius 2 is 1.70 bits per heavy atom. The van der Waals surface area contributed by atoms with Gasteiger partial charge in [-0.1, -0.05) is 17.3 Å². The van der Waals surface area contributed by atoms with Gasteiger partial charge in [0.15, 0.2) is 0 Å². The van der Waals surface area contributed by atoms with Crippen LogP contribution >= 0.6 is 0 Å². The Hall–Kier alpha value is -2.95. The summed E-state index contributed by atoms with van der Waals surface area (Å²) in [7, 11) is 1.53. The van der Waals surface area contributed by atoms with E-state index in [-0.39, 0.29) is 6.10 Å². The van der Waals surface area contributed by atoms with Crippen molar-refractivity contribution in [3.8, 4) is 17.2 Å². The van der Waals surface area contributed by atoms with Gasteiger partial charge in [-0.05, 0) is 93.6 Å². The molecule has 0 aliphatic heterocycles. The van der Waals surface area contributed by atoms with Gasteiger partial charge < -0.3 is 19.0 Å². The second-order valence-corrected chi connectivity index (χ2v) is 7.17. The normalized spacial score (nSPS) is 12.3. The van der Waals surface area contributed by atoms with Crippen LogP contribution in [0.25, 0.3) is 0 Å². The highest BCUT2D eigenvalue weighted by molar-refractivity contribution is 5.79. The summed E-state index contributed by atoms with van der Waals surface area (Å²) in [6.07, 6.45) is 7.57. The first-order valence-corrected chi connectivity index (χ1v) is 10.3. The zero-order chi connectivity index (χ0) is 21.8. The molecule has 0 radical (unpaired) electrons. The van der Waals surface area contributed by atoms with Gasteiger partial charge in [0.2, 0.25) is 0 Å². The molecule has 1 atom stereocenters. The van der Waals surface area contributed by atoms with Gasteiger partial charge in [-0.2, -0.15) is 0 Å². The van der Waals surface area contributed by atoms with E-state index in [2.05, 4.69) is 30.8 Å². The van der Waals surface area contributed by atoms with Gasteiger partial charge in [-0.15, -0.1) is 0 Å². The number of ether oxygens (including phenoxy) is 3. The minimum atomic E-state index is 0.108. The highest BCUT2D eigenvalue weighted by Crippen LogP contribution is 2.28. The van der Waals surface area contributed by atoms with Crippen LogP contribution in [0.3, 0.4) is 0 Å². The second-order valence-electron chi connectivity index (χ2n) is 7.17. The number of allylic oxidation sites excluding steroid dienone is 1. The quantitative estimate of drug-likeness (QED) is 0.190. The molecule has 1 unspecified atom stereocenters. The number of hydrogen-bond acceptors (Lipinski definition) is 5. The predicted octanol–water partition coefficient (Wildman–Crippen LogP) is 5.87. The number of hydrogen-bond donors (Lipinski definition) is 0. The number of oxime groups is 1. The lowest BCUT2D eigenvalue weighted by Gasteiger charge is -2.17. The maximum atomic E-state index is 6.05. The SMILES string of the molecule is C/C=C/COc1cc(C)c(OCCCC(C)Oc2ccc(C=NOC)cc2)c(C)c1. The van der Waals surface area contributed by atoms with Crippen LogP contribution in [-0.4, -0.2) is 32.6 Å². The monoisotopic (exact) mass is 411 g/mol. The zero-order valence-corrected chi connectivity index (χ0v) is 18.7. The number of nitrogens with zero attached hydrogens (tertiary/aromatic N) is 1. The molecule has 0 amide bonds. The van der Waals surface area contributed by atoms with Crippen LogP contribution in [0.15, 0.2) is 53.7 Å². The van der Waals surface area contributed by atoms with E-state index in [9.17, 15) is 0 Å². The third kappa shape index (κ3) is 7.82. The molecule has 5 nitrogen and oxygen atoms in total. The van der Waals surface area contributed by atoms with Crippen molar-refractivity contribution in [3.63, 3.8) is 0 Å². The first kappa shape index (κ1) is 23.3. The molecule has 30 heavy (non-hydrogen) atoms. The molecule has 0 aliphatic rings. The van der Waals surface area contributed by atoms with Crippen LogP contribution in [0.1, 0.15) is 43.4 Å². The maximum Gasteiger partial charge on any atom is 0.125 e. The Morgan fingerprint density at radius 3 is 2.33 bits per heavy atom. The summed E-state index contributed by atoms with van der Waals surface area (Å²) in [6.45, 7) is 9.40. The summed E-state index contributed by atoms with van der Waals surface area (Å²) in [5, 5.41) is 3.75. The van der Waals surface area contributed by atoms with Gasteiger partial charge in [0.25, 0.3) is 0 Å². The van der Waals surface area contributed by atoms with Gasteiger partial charge in [0.05, 0.1) is 18.9 Å². The molecule has 2 aromatic rings. The van der Waals surface area contributed by atoms with Crippen LogP contribution in [0, 0.1) is 13.8 Å². The summed E-state index contributed by atoms with van der Waals surface area (Å²) in [5.41, 5.74) is 3.15. The van der Waals surface area contributed by atoms with Crippen molar-refractivity contribution in [2.75, 3.05) is 20.3 Å². The fourth-order valence-electron chi connectivity index (χ4n) is 3.04. The standard InChI is InChI=1S/C25H33NO4/c1-6-7-14-28-24-16-19(2)25(20(3)17-24)29-15-8-9-21(4)30-23-12-10-22(11-13-23)18-26-27-5/h6-7,10-13,16-18,21H,8-9,14-15H2,1-5H3/b7-6+,26-18?. The largest absolute Gasteiger partial charge is 0.493 e. The Balaban J connectivity index is 1.76. The van der Waals surface area contributed by atoms with E-state index >= 15 is 0 Å². The summed E-state index contributed by atoms with van der Waals surface area (Å²) >= 11 is 0. The van der Waals surface area contributed by atoms with E-state index in [1.54, 1.807) is 6.21 Å². The van der Waals surface area contributed by atoms with Crippen molar-refractivity contribution in [1.82, 2.24) is 0 Å². The molecule has 2 rings (SSSR count). The number of aryl methyl sites for hydroxylation is 2. The third-order valence-corrected chi connectivity index (χ3v) is 4.54. The topological polar surface area (TPSA) is 49.3 Å². The minimum absolute atomic E-state index is 0.108. The van der Waals surface area contributed by atoms with Gasteiger partial charge in [0, 0.05) is 0 Å². The average molecular weight is 412 g/mol. The molecular weight excluding hydrogens is 378 g/mol. The van der Waals surface area contributed by atoms with E-state index in [0.717, 1.165) is 46.8 Å². The fourth-order valence-corrected chi connectivity index (χ4v) is 3.04. The molecule has 0 saturated carbocycles. The molecule has 0 fully saturated rings. The number of rotatable bonds is 12. The maximum absolute atomic E-state index is 6.05. The Morgan fingerprint density at radius 1 is 1.00 bits per heavy atom. The molecule has 0 aliphatic carbocycles. The first-order chi connectivity index (χ1) is 14.5. The molecule has 5 heteroatoms. The van der Waals surface area contributed by atoms with E-state index in [1.807, 2.05) is 55.5 Å². The van der Waals surface area contributed by atoms with Crippen LogP contribution < -0.4 is 14.2 Å². The molecule has 2 aromatic carbocycles. The van der Waals surface area contributed by atoms with Gasteiger partial charge in [-0.25, -0.2) is 0 Å². The van der Waals surface area contributed by atoms with Crippen molar-refractivity contribution in [3.05, 3.63) is 65.2 Å². The third-order valence-electron chi connectivity index (χ3n) is 4.54. The van der Waals surface area contributed by atoms with E-state index in [4.69, 9.17) is 14.2 Å². The Bertz CT molecular complexity index is 805. The van der Waals surface area contributed by atoms with E-state index in [1.165, 1.54) is 7.11 Å². The molecule has 162 valence electrons. The lowest BCUT2D eigenvalue weighted by molar-refractivity contribution is 0.193. The van der Waals surface area contributed by atoms with Crippen LogP contribution in [0.2, 0.25) is 0 Å². The van der Waals surface area contributed by atoms with E-state index in [0.29, 0.717) is 13.2 Å². The average Bonchev–Trinajstić information content (AvgIpc) is 2.72. The van der Waals surface area contributed by atoms with Gasteiger partial charge in [-0.3, -0.25) is 0 Å². The minimum Gasteiger partial charge on any atom is -0.493 e. The van der Waals surface area contributed by atoms with Crippen molar-refractivity contribution >= 4 is 6.21 Å². The molecule has 0 spiro atoms. The summed E-state index contributed by atoms with van der Waals surface area (Å²) in [6, 6.07) is 11.8.